The zero-order chi connectivity index (χ0) is 22.0. The molecule has 0 saturated heterocycles. The van der Waals surface area contributed by atoms with Crippen molar-refractivity contribution in [3.8, 4) is 17.4 Å². The highest BCUT2D eigenvalue weighted by atomic mass is 32.2. The van der Waals surface area contributed by atoms with E-state index in [0.29, 0.717) is 39.2 Å². The number of aromatic nitrogens is 3. The maximum atomic E-state index is 12.9. The minimum Gasteiger partial charge on any atom is -0.438 e. The molecule has 0 saturated carbocycles. The van der Waals surface area contributed by atoms with E-state index < -0.39 is 10.0 Å². The van der Waals surface area contributed by atoms with Gasteiger partial charge in [-0.1, -0.05) is 17.7 Å². The van der Waals surface area contributed by atoms with Gasteiger partial charge in [-0.3, -0.25) is 4.72 Å². The van der Waals surface area contributed by atoms with Crippen LogP contribution < -0.4 is 9.46 Å². The fraction of sp³-hybridized carbons (Fsp3) is 0.130. The van der Waals surface area contributed by atoms with Crippen LogP contribution in [0.3, 0.4) is 0 Å². The average molecular weight is 435 g/mol. The summed E-state index contributed by atoms with van der Waals surface area (Å²) >= 11 is 0. The molecule has 7 nitrogen and oxygen atoms in total. The first-order valence-electron chi connectivity index (χ1n) is 9.67. The van der Waals surface area contributed by atoms with Gasteiger partial charge in [0.15, 0.2) is 5.82 Å². The summed E-state index contributed by atoms with van der Waals surface area (Å²) in [5.41, 5.74) is 2.90. The van der Waals surface area contributed by atoms with Gasteiger partial charge >= 0.3 is 0 Å². The molecule has 0 radical (unpaired) electrons. The Bertz CT molecular complexity index is 1280. The summed E-state index contributed by atoms with van der Waals surface area (Å²) < 4.78 is 36.0. The molecule has 0 bridgehead atoms. The highest BCUT2D eigenvalue weighted by molar-refractivity contribution is 7.92. The van der Waals surface area contributed by atoms with E-state index in [4.69, 9.17) is 4.74 Å². The van der Waals surface area contributed by atoms with E-state index in [9.17, 15) is 8.42 Å². The number of sulfonamides is 1. The molecule has 0 aliphatic heterocycles. The van der Waals surface area contributed by atoms with Crippen molar-refractivity contribution in [3.05, 3.63) is 89.7 Å². The third-order valence-corrected chi connectivity index (χ3v) is 6.38. The lowest BCUT2D eigenvalue weighted by Gasteiger charge is -2.14. The summed E-state index contributed by atoms with van der Waals surface area (Å²) in [7, 11) is -3.70. The Morgan fingerprint density at radius 3 is 2.10 bits per heavy atom. The van der Waals surface area contributed by atoms with Gasteiger partial charge in [0.25, 0.3) is 10.0 Å². The number of hydrogen-bond acceptors (Lipinski definition) is 5. The minimum atomic E-state index is -3.70. The van der Waals surface area contributed by atoms with Crippen molar-refractivity contribution in [1.82, 2.24) is 14.8 Å². The van der Waals surface area contributed by atoms with Crippen molar-refractivity contribution in [3.63, 3.8) is 0 Å². The Labute approximate surface area is 181 Å². The van der Waals surface area contributed by atoms with Gasteiger partial charge in [0.05, 0.1) is 4.90 Å². The first-order chi connectivity index (χ1) is 14.8. The predicted molar refractivity (Wildman–Crippen MR) is 119 cm³/mol. The number of nitrogens with zero attached hydrogens (tertiary/aromatic N) is 3. The minimum absolute atomic E-state index is 0.302. The zero-order valence-corrected chi connectivity index (χ0v) is 18.2. The molecule has 2 aromatic heterocycles. The molecule has 0 aliphatic rings. The molecular formula is C23H22N4O3S. The molecule has 4 aromatic rings. The van der Waals surface area contributed by atoms with Gasteiger partial charge < -0.3 is 9.30 Å². The lowest BCUT2D eigenvalue weighted by atomic mass is 10.1. The van der Waals surface area contributed by atoms with Gasteiger partial charge in [-0.25, -0.2) is 8.42 Å². The van der Waals surface area contributed by atoms with E-state index in [1.807, 2.05) is 48.1 Å². The predicted octanol–water partition coefficient (Wildman–Crippen LogP) is 4.79. The molecule has 0 unspecified atom stereocenters. The van der Waals surface area contributed by atoms with E-state index in [0.717, 1.165) is 5.56 Å². The van der Waals surface area contributed by atoms with Crippen molar-refractivity contribution < 1.29 is 13.2 Å². The molecule has 2 heterocycles. The molecule has 8 heteroatoms. The zero-order valence-electron chi connectivity index (χ0n) is 17.4. The summed E-state index contributed by atoms with van der Waals surface area (Å²) in [5, 5.41) is 8.21. The van der Waals surface area contributed by atoms with Crippen molar-refractivity contribution in [1.29, 1.82) is 0 Å². The van der Waals surface area contributed by atoms with Crippen LogP contribution in [-0.2, 0) is 10.0 Å². The molecule has 0 atom stereocenters. The summed E-state index contributed by atoms with van der Waals surface area (Å²) in [6.45, 7) is 5.54. The summed E-state index contributed by atoms with van der Waals surface area (Å²) in [5.74, 6) is 1.55. The van der Waals surface area contributed by atoms with Crippen LogP contribution >= 0.6 is 0 Å². The molecule has 0 aliphatic carbocycles. The van der Waals surface area contributed by atoms with E-state index >= 15 is 0 Å². The van der Waals surface area contributed by atoms with Gasteiger partial charge in [0.2, 0.25) is 5.88 Å². The standard InChI is InChI=1S/C23H22N4O3S/c1-16-14-17(2)23(18(3)15-16)31(28,29)26-19-6-8-20(9-7-19)30-22-11-10-21(24-25-22)27-12-4-5-13-27/h4-15,26H,1-3H3. The van der Waals surface area contributed by atoms with Crippen molar-refractivity contribution in [2.45, 2.75) is 25.7 Å². The van der Waals surface area contributed by atoms with Crippen LogP contribution in [0.25, 0.3) is 5.82 Å². The topological polar surface area (TPSA) is 86.1 Å². The third-order valence-electron chi connectivity index (χ3n) is 4.70. The van der Waals surface area contributed by atoms with E-state index in [2.05, 4.69) is 14.9 Å². The van der Waals surface area contributed by atoms with Crippen LogP contribution in [0.1, 0.15) is 16.7 Å². The van der Waals surface area contributed by atoms with Gasteiger partial charge in [0, 0.05) is 24.1 Å². The normalized spacial score (nSPS) is 11.3. The highest BCUT2D eigenvalue weighted by Crippen LogP contribution is 2.26. The molecule has 2 aromatic carbocycles. The van der Waals surface area contributed by atoms with Crippen LogP contribution in [0.5, 0.6) is 11.6 Å². The van der Waals surface area contributed by atoms with Crippen LogP contribution in [0.2, 0.25) is 0 Å². The number of nitrogens with one attached hydrogen (secondary N) is 1. The smallest absolute Gasteiger partial charge is 0.262 e. The molecule has 0 amide bonds. The summed E-state index contributed by atoms with van der Waals surface area (Å²) in [6, 6.07) is 17.7. The lowest BCUT2D eigenvalue weighted by molar-refractivity contribution is 0.454. The number of ether oxygens (including phenoxy) is 1. The van der Waals surface area contributed by atoms with Gasteiger partial charge in [-0.15, -0.1) is 10.2 Å². The largest absolute Gasteiger partial charge is 0.438 e. The summed E-state index contributed by atoms with van der Waals surface area (Å²) in [6.07, 6.45) is 3.76. The molecule has 1 N–H and O–H groups in total. The Hall–Kier alpha value is -3.65. The van der Waals surface area contributed by atoms with Gasteiger partial charge in [0.1, 0.15) is 5.75 Å². The SMILES string of the molecule is Cc1cc(C)c(S(=O)(=O)Nc2ccc(Oc3ccc(-n4cccc4)nn3)cc2)c(C)c1. The highest BCUT2D eigenvalue weighted by Gasteiger charge is 2.20. The van der Waals surface area contributed by atoms with Gasteiger partial charge in [-0.2, -0.15) is 0 Å². The van der Waals surface area contributed by atoms with Crippen LogP contribution in [0.4, 0.5) is 5.69 Å². The molecular weight excluding hydrogens is 412 g/mol. The Morgan fingerprint density at radius 2 is 1.52 bits per heavy atom. The lowest BCUT2D eigenvalue weighted by Crippen LogP contribution is -2.15. The van der Waals surface area contributed by atoms with Crippen molar-refractivity contribution in [2.24, 2.45) is 0 Å². The van der Waals surface area contributed by atoms with E-state index in [1.165, 1.54) is 0 Å². The quantitative estimate of drug-likeness (QED) is 0.472. The molecule has 158 valence electrons. The van der Waals surface area contributed by atoms with Gasteiger partial charge in [-0.05, 0) is 74.4 Å². The van der Waals surface area contributed by atoms with E-state index in [-0.39, 0.29) is 0 Å². The first kappa shape index (κ1) is 20.6. The Kier molecular flexibility index (Phi) is 5.48. The number of anilines is 1. The Balaban J connectivity index is 1.47. The molecule has 0 spiro atoms. The van der Waals surface area contributed by atoms with Crippen molar-refractivity contribution >= 4 is 15.7 Å². The monoisotopic (exact) mass is 434 g/mol. The average Bonchev–Trinajstić information content (AvgIpc) is 3.23. The number of hydrogen-bond donors (Lipinski definition) is 1. The second kappa shape index (κ2) is 8.23. The molecule has 4 rings (SSSR count). The first-order valence-corrected chi connectivity index (χ1v) is 11.2. The number of benzene rings is 2. The van der Waals surface area contributed by atoms with E-state index in [1.54, 1.807) is 50.2 Å². The third kappa shape index (κ3) is 4.59. The fourth-order valence-electron chi connectivity index (χ4n) is 3.50. The summed E-state index contributed by atoms with van der Waals surface area (Å²) in [4.78, 5) is 0.302. The number of aryl methyl sites for hydroxylation is 3. The van der Waals surface area contributed by atoms with Crippen LogP contribution in [-0.4, -0.2) is 23.2 Å². The maximum Gasteiger partial charge on any atom is 0.262 e. The fourth-order valence-corrected chi connectivity index (χ4v) is 5.02. The van der Waals surface area contributed by atoms with Crippen molar-refractivity contribution in [2.75, 3.05) is 4.72 Å². The second-order valence-corrected chi connectivity index (χ2v) is 8.90. The van der Waals surface area contributed by atoms with Crippen LogP contribution in [0, 0.1) is 20.8 Å². The molecule has 31 heavy (non-hydrogen) atoms. The maximum absolute atomic E-state index is 12.9. The molecule has 0 fully saturated rings. The van der Waals surface area contributed by atoms with Crippen LogP contribution in [0.15, 0.2) is 78.0 Å². The second-order valence-electron chi connectivity index (χ2n) is 7.28. The number of rotatable bonds is 6. The Morgan fingerprint density at radius 1 is 0.871 bits per heavy atom.